The summed E-state index contributed by atoms with van der Waals surface area (Å²) in [7, 11) is 1.77. The lowest BCUT2D eigenvalue weighted by Crippen LogP contribution is -2.49. The van der Waals surface area contributed by atoms with E-state index >= 15 is 0 Å². The highest BCUT2D eigenvalue weighted by molar-refractivity contribution is 14.0. The lowest BCUT2D eigenvalue weighted by Gasteiger charge is -2.25. The molecule has 2 atom stereocenters. The van der Waals surface area contributed by atoms with Gasteiger partial charge in [-0.3, -0.25) is 9.79 Å². The molecule has 130 valence electrons. The Hall–Kier alpha value is -0.180. The van der Waals surface area contributed by atoms with Crippen LogP contribution in [0.2, 0.25) is 0 Å². The van der Waals surface area contributed by atoms with Crippen LogP contribution in [0.4, 0.5) is 0 Å². The SMILES string of the molecule is CCNC(=O)C(C)(C)CNC(=NC)NC1CCC(SC)C1.I. The fraction of sp³-hybridized carbons (Fsp3) is 0.867. The number of carbonyl (C=O) groups excluding carboxylic acids is 1. The lowest BCUT2D eigenvalue weighted by molar-refractivity contribution is -0.128. The van der Waals surface area contributed by atoms with Gasteiger partial charge in [-0.25, -0.2) is 0 Å². The van der Waals surface area contributed by atoms with Crippen molar-refractivity contribution in [1.29, 1.82) is 0 Å². The summed E-state index contributed by atoms with van der Waals surface area (Å²) >= 11 is 1.94. The molecule has 0 aromatic carbocycles. The highest BCUT2D eigenvalue weighted by Crippen LogP contribution is 2.28. The molecule has 0 aromatic rings. The van der Waals surface area contributed by atoms with Crippen LogP contribution >= 0.6 is 35.7 Å². The molecule has 0 aliphatic heterocycles. The van der Waals surface area contributed by atoms with Gasteiger partial charge in [0.15, 0.2) is 5.96 Å². The van der Waals surface area contributed by atoms with Gasteiger partial charge in [0.1, 0.15) is 0 Å². The van der Waals surface area contributed by atoms with Gasteiger partial charge in [-0.1, -0.05) is 0 Å². The number of hydrogen-bond acceptors (Lipinski definition) is 3. The van der Waals surface area contributed by atoms with E-state index in [0.717, 1.165) is 11.2 Å². The Labute approximate surface area is 156 Å². The molecule has 0 aromatic heterocycles. The predicted molar refractivity (Wildman–Crippen MR) is 107 cm³/mol. The molecule has 1 fully saturated rings. The summed E-state index contributed by atoms with van der Waals surface area (Å²) in [5.41, 5.74) is -0.453. The van der Waals surface area contributed by atoms with Crippen LogP contribution in [0.1, 0.15) is 40.0 Å². The third kappa shape index (κ3) is 6.93. The van der Waals surface area contributed by atoms with E-state index in [1.54, 1.807) is 7.05 Å². The first-order valence-corrected chi connectivity index (χ1v) is 9.00. The number of amides is 1. The number of halogens is 1. The maximum atomic E-state index is 12.0. The third-order valence-electron chi connectivity index (χ3n) is 3.93. The van der Waals surface area contributed by atoms with Gasteiger partial charge in [-0.2, -0.15) is 11.8 Å². The van der Waals surface area contributed by atoms with E-state index in [0.29, 0.717) is 19.1 Å². The Morgan fingerprint density at radius 1 is 1.32 bits per heavy atom. The van der Waals surface area contributed by atoms with Crippen molar-refractivity contribution in [2.24, 2.45) is 10.4 Å². The first-order chi connectivity index (χ1) is 9.92. The second-order valence-corrected chi connectivity index (χ2v) is 7.32. The summed E-state index contributed by atoms with van der Waals surface area (Å²) < 4.78 is 0. The number of guanidine groups is 1. The van der Waals surface area contributed by atoms with E-state index in [1.165, 1.54) is 19.3 Å². The third-order valence-corrected chi connectivity index (χ3v) is 5.03. The fourth-order valence-corrected chi connectivity index (χ4v) is 3.25. The molecule has 1 aliphatic rings. The van der Waals surface area contributed by atoms with Crippen LogP contribution in [0.3, 0.4) is 0 Å². The average molecular weight is 442 g/mol. The highest BCUT2D eigenvalue weighted by atomic mass is 127. The first kappa shape index (κ1) is 21.8. The van der Waals surface area contributed by atoms with Crippen LogP contribution in [0.15, 0.2) is 4.99 Å². The molecular weight excluding hydrogens is 411 g/mol. The van der Waals surface area contributed by atoms with Crippen LogP contribution in [-0.2, 0) is 4.79 Å². The predicted octanol–water partition coefficient (Wildman–Crippen LogP) is 2.22. The summed E-state index contributed by atoms with van der Waals surface area (Å²) in [6.45, 7) is 7.05. The second-order valence-electron chi connectivity index (χ2n) is 6.18. The Morgan fingerprint density at radius 3 is 2.50 bits per heavy atom. The van der Waals surface area contributed by atoms with Crippen molar-refractivity contribution in [3.8, 4) is 0 Å². The summed E-state index contributed by atoms with van der Waals surface area (Å²) in [6, 6.07) is 0.487. The summed E-state index contributed by atoms with van der Waals surface area (Å²) in [6.07, 6.45) is 5.81. The smallest absolute Gasteiger partial charge is 0.227 e. The maximum absolute atomic E-state index is 12.0. The van der Waals surface area contributed by atoms with Crippen LogP contribution < -0.4 is 16.0 Å². The second kappa shape index (κ2) is 10.6. The molecule has 1 amide bonds. The first-order valence-electron chi connectivity index (χ1n) is 7.71. The number of nitrogens with one attached hydrogen (secondary N) is 3. The molecule has 0 saturated heterocycles. The van der Waals surface area contributed by atoms with Crippen molar-refractivity contribution in [3.63, 3.8) is 0 Å². The minimum atomic E-state index is -0.453. The summed E-state index contributed by atoms with van der Waals surface area (Å²) in [4.78, 5) is 16.2. The molecule has 1 saturated carbocycles. The quantitative estimate of drug-likeness (QED) is 0.335. The van der Waals surface area contributed by atoms with E-state index in [1.807, 2.05) is 32.5 Å². The van der Waals surface area contributed by atoms with Crippen molar-refractivity contribution >= 4 is 47.6 Å². The molecule has 1 aliphatic carbocycles. The molecule has 22 heavy (non-hydrogen) atoms. The van der Waals surface area contributed by atoms with Gasteiger partial charge < -0.3 is 16.0 Å². The minimum absolute atomic E-state index is 0. The van der Waals surface area contributed by atoms with Crippen LogP contribution in [0, 0.1) is 5.41 Å². The molecule has 0 heterocycles. The molecule has 1 rings (SSSR count). The van der Waals surface area contributed by atoms with E-state index in [2.05, 4.69) is 27.2 Å². The Morgan fingerprint density at radius 2 is 2.00 bits per heavy atom. The molecule has 0 spiro atoms. The monoisotopic (exact) mass is 442 g/mol. The van der Waals surface area contributed by atoms with Crippen LogP contribution in [-0.4, -0.2) is 49.6 Å². The normalized spacial score (nSPS) is 22.0. The Kier molecular flexibility index (Phi) is 10.5. The van der Waals surface area contributed by atoms with Gasteiger partial charge in [0.25, 0.3) is 0 Å². The van der Waals surface area contributed by atoms with Gasteiger partial charge >= 0.3 is 0 Å². The summed E-state index contributed by atoms with van der Waals surface area (Å²) in [5.74, 6) is 0.857. The number of aliphatic imine (C=N–C) groups is 1. The van der Waals surface area contributed by atoms with Gasteiger partial charge in [0, 0.05) is 31.4 Å². The zero-order valence-electron chi connectivity index (χ0n) is 14.4. The van der Waals surface area contributed by atoms with Gasteiger partial charge in [-0.15, -0.1) is 24.0 Å². The van der Waals surface area contributed by atoms with E-state index in [4.69, 9.17) is 0 Å². The molecule has 7 heteroatoms. The van der Waals surface area contributed by atoms with Crippen molar-refractivity contribution in [2.75, 3.05) is 26.4 Å². The van der Waals surface area contributed by atoms with Crippen molar-refractivity contribution in [2.45, 2.75) is 51.3 Å². The number of thioether (sulfide) groups is 1. The number of carbonyl (C=O) groups is 1. The molecule has 0 bridgehead atoms. The maximum Gasteiger partial charge on any atom is 0.227 e. The van der Waals surface area contributed by atoms with Crippen LogP contribution in [0.5, 0.6) is 0 Å². The minimum Gasteiger partial charge on any atom is -0.356 e. The molecule has 2 unspecified atom stereocenters. The van der Waals surface area contributed by atoms with Gasteiger partial charge in [0.2, 0.25) is 5.91 Å². The zero-order chi connectivity index (χ0) is 15.9. The van der Waals surface area contributed by atoms with Crippen molar-refractivity contribution < 1.29 is 4.79 Å². The Balaban J connectivity index is 0.00000441. The van der Waals surface area contributed by atoms with Gasteiger partial charge in [-0.05, 0) is 46.3 Å². The van der Waals surface area contributed by atoms with E-state index < -0.39 is 5.41 Å². The van der Waals surface area contributed by atoms with Crippen molar-refractivity contribution in [1.82, 2.24) is 16.0 Å². The average Bonchev–Trinajstić information content (AvgIpc) is 2.91. The fourth-order valence-electron chi connectivity index (χ4n) is 2.46. The van der Waals surface area contributed by atoms with Crippen molar-refractivity contribution in [3.05, 3.63) is 0 Å². The Bertz CT molecular complexity index is 377. The zero-order valence-corrected chi connectivity index (χ0v) is 17.5. The molecule has 5 nitrogen and oxygen atoms in total. The number of hydrogen-bond donors (Lipinski definition) is 3. The standard InChI is InChI=1S/C15H30N4OS.HI/c1-6-17-13(20)15(2,3)10-18-14(16-4)19-11-7-8-12(9-11)21-5;/h11-12H,6-10H2,1-5H3,(H,17,20)(H2,16,18,19);1H. The largest absolute Gasteiger partial charge is 0.356 e. The number of rotatable bonds is 6. The lowest BCUT2D eigenvalue weighted by atomic mass is 9.92. The summed E-state index contributed by atoms with van der Waals surface area (Å²) in [5, 5.41) is 10.4. The molecule has 0 radical (unpaired) electrons. The number of nitrogens with zero attached hydrogens (tertiary/aromatic N) is 1. The molecular formula is C15H31IN4OS. The van der Waals surface area contributed by atoms with E-state index in [-0.39, 0.29) is 29.9 Å². The topological polar surface area (TPSA) is 65.5 Å². The highest BCUT2D eigenvalue weighted by Gasteiger charge is 2.28. The van der Waals surface area contributed by atoms with Gasteiger partial charge in [0.05, 0.1) is 5.41 Å². The van der Waals surface area contributed by atoms with E-state index in [9.17, 15) is 4.79 Å². The van der Waals surface area contributed by atoms with Crippen LogP contribution in [0.25, 0.3) is 0 Å². The molecule has 3 N–H and O–H groups in total.